The maximum absolute atomic E-state index is 15.4. The molecule has 4 aromatic rings. The first kappa shape index (κ1) is 33.3. The molecule has 2 aliphatic heterocycles. The van der Waals surface area contributed by atoms with Crippen molar-refractivity contribution in [2.45, 2.75) is 58.7 Å². The molecule has 0 unspecified atom stereocenters. The summed E-state index contributed by atoms with van der Waals surface area (Å²) in [7, 11) is 0. The third-order valence-corrected chi connectivity index (χ3v) is 9.38. The number of pyridine rings is 1. The van der Waals surface area contributed by atoms with Gasteiger partial charge in [0, 0.05) is 62.0 Å². The van der Waals surface area contributed by atoms with E-state index in [1.165, 1.54) is 21.4 Å². The molecule has 2 aliphatic rings. The first-order chi connectivity index (χ1) is 22.9. The minimum atomic E-state index is -1.72. The van der Waals surface area contributed by atoms with E-state index >= 15 is 4.39 Å². The number of phenols is 1. The minimum Gasteiger partial charge on any atom is -0.504 e. The Balaban J connectivity index is 1.41. The molecule has 4 N–H and O–H groups in total. The highest BCUT2D eigenvalue weighted by Gasteiger charge is 2.29. The fourth-order valence-electron chi connectivity index (χ4n) is 6.52. The number of anilines is 2. The molecule has 1 atom stereocenters. The van der Waals surface area contributed by atoms with Crippen LogP contribution in [-0.2, 0) is 24.3 Å². The van der Waals surface area contributed by atoms with Crippen LogP contribution < -0.4 is 21.5 Å². The Labute approximate surface area is 277 Å². The van der Waals surface area contributed by atoms with Gasteiger partial charge in [0.15, 0.2) is 11.6 Å². The Hall–Kier alpha value is -4.63. The predicted molar refractivity (Wildman–Crippen MR) is 174 cm³/mol. The second kappa shape index (κ2) is 13.1. The van der Waals surface area contributed by atoms with Gasteiger partial charge < -0.3 is 25.6 Å². The van der Waals surface area contributed by atoms with Crippen LogP contribution in [0.25, 0.3) is 22.2 Å². The number of amides is 2. The summed E-state index contributed by atoms with van der Waals surface area (Å²) in [5.41, 5.74) is 3.37. The fourth-order valence-corrected chi connectivity index (χ4v) is 6.66. The number of carbonyl (C=O) groups excluding carboxylic acids is 2. The number of aromatic hydroxyl groups is 1. The van der Waals surface area contributed by atoms with E-state index in [0.717, 1.165) is 38.5 Å². The number of hydrogen-bond donors (Lipinski definition) is 3. The van der Waals surface area contributed by atoms with Crippen LogP contribution in [0.1, 0.15) is 49.3 Å². The number of primary amides is 1. The molecule has 5 heterocycles. The molecule has 0 radical (unpaired) electrons. The van der Waals surface area contributed by atoms with E-state index in [2.05, 4.69) is 27.1 Å². The van der Waals surface area contributed by atoms with Gasteiger partial charge in [-0.3, -0.25) is 23.9 Å². The van der Waals surface area contributed by atoms with E-state index in [0.29, 0.717) is 37.6 Å². The predicted octanol–water partition coefficient (Wildman–Crippen LogP) is 4.03. The van der Waals surface area contributed by atoms with Crippen LogP contribution >= 0.6 is 11.6 Å². The number of nitrogens with zero attached hydrogens (tertiary/aromatic N) is 6. The summed E-state index contributed by atoms with van der Waals surface area (Å²) in [4.78, 5) is 52.3. The van der Waals surface area contributed by atoms with Crippen LogP contribution in [0.15, 0.2) is 23.1 Å². The largest absolute Gasteiger partial charge is 0.504 e. The van der Waals surface area contributed by atoms with Crippen molar-refractivity contribution in [3.8, 4) is 16.9 Å². The molecular weight excluding hydrogens is 653 g/mol. The molecule has 6 rings (SSSR count). The number of likely N-dealkylation sites (N-methyl/N-ethyl adjacent to an activating group) is 1. The average Bonchev–Trinajstić information content (AvgIpc) is 3.22. The summed E-state index contributed by atoms with van der Waals surface area (Å²) in [6, 6.07) is 2.36. The maximum atomic E-state index is 15.4. The molecule has 12 nitrogen and oxygen atoms in total. The zero-order valence-electron chi connectivity index (χ0n) is 26.3. The standard InChI is InChI=1S/C32H34ClF3N8O4/c1-3-41-9-10-43(16(2)13-41)22-12-20(25(33)29(36)39-22)38-23(45)15-42-14-19(17-11-18(30(37)47)28(46)27(35)26(17)34)24-31(42)40-21-7-5-4-6-8-44(21)32(24)48/h11-12,14,16,46H,3-10,13,15H2,1-2H3,(H2,37,47)(H,38,39,45)/t16-/m0/s1. The number of piperazine rings is 1. The first-order valence-electron chi connectivity index (χ1n) is 15.7. The number of carbonyl (C=O) groups is 2. The highest BCUT2D eigenvalue weighted by molar-refractivity contribution is 6.33. The lowest BCUT2D eigenvalue weighted by Crippen LogP contribution is -2.52. The topological polar surface area (TPSA) is 152 Å². The van der Waals surface area contributed by atoms with Gasteiger partial charge >= 0.3 is 0 Å². The third kappa shape index (κ3) is 5.96. The van der Waals surface area contributed by atoms with Crippen molar-refractivity contribution in [3.05, 3.63) is 62.7 Å². The molecule has 254 valence electrons. The molecule has 0 aliphatic carbocycles. The smallest absolute Gasteiger partial charge is 0.263 e. The van der Waals surface area contributed by atoms with Gasteiger partial charge in [0.25, 0.3) is 11.5 Å². The van der Waals surface area contributed by atoms with E-state index in [1.807, 2.05) is 11.8 Å². The number of hydrogen-bond acceptors (Lipinski definition) is 8. The van der Waals surface area contributed by atoms with E-state index in [4.69, 9.17) is 17.3 Å². The molecule has 0 spiro atoms. The highest BCUT2D eigenvalue weighted by Crippen LogP contribution is 2.36. The molecule has 48 heavy (non-hydrogen) atoms. The summed E-state index contributed by atoms with van der Waals surface area (Å²) in [5.74, 6) is -6.62. The van der Waals surface area contributed by atoms with E-state index in [9.17, 15) is 28.3 Å². The second-order valence-electron chi connectivity index (χ2n) is 12.1. The van der Waals surface area contributed by atoms with Crippen molar-refractivity contribution >= 4 is 46.0 Å². The van der Waals surface area contributed by atoms with Gasteiger partial charge in [0.2, 0.25) is 17.7 Å². The number of nitrogens with one attached hydrogen (secondary N) is 1. The van der Waals surface area contributed by atoms with E-state index in [1.54, 1.807) is 0 Å². The lowest BCUT2D eigenvalue weighted by atomic mass is 10.0. The van der Waals surface area contributed by atoms with Gasteiger partial charge in [-0.25, -0.2) is 14.4 Å². The number of rotatable bonds is 7. The van der Waals surface area contributed by atoms with Crippen molar-refractivity contribution in [2.75, 3.05) is 36.4 Å². The molecule has 0 saturated carbocycles. The molecule has 3 aromatic heterocycles. The summed E-state index contributed by atoms with van der Waals surface area (Å²) < 4.78 is 47.9. The lowest BCUT2D eigenvalue weighted by Gasteiger charge is -2.40. The maximum Gasteiger partial charge on any atom is 0.263 e. The Kier molecular flexibility index (Phi) is 9.09. The molecule has 0 bridgehead atoms. The van der Waals surface area contributed by atoms with Crippen molar-refractivity contribution in [1.29, 1.82) is 0 Å². The number of fused-ring (bicyclic) bond motifs is 2. The van der Waals surface area contributed by atoms with Gasteiger partial charge in [-0.15, -0.1) is 0 Å². The van der Waals surface area contributed by atoms with Crippen LogP contribution in [0.4, 0.5) is 24.7 Å². The van der Waals surface area contributed by atoms with Crippen molar-refractivity contribution in [3.63, 3.8) is 0 Å². The fraction of sp³-hybridized carbons (Fsp3) is 0.406. The number of benzene rings is 1. The van der Waals surface area contributed by atoms with Gasteiger partial charge in [-0.2, -0.15) is 8.78 Å². The van der Waals surface area contributed by atoms with Gasteiger partial charge in [-0.05, 0) is 32.4 Å². The number of nitrogens with two attached hydrogens (primary N) is 1. The van der Waals surface area contributed by atoms with E-state index < -0.39 is 63.4 Å². The molecule has 1 aromatic carbocycles. The van der Waals surface area contributed by atoms with Crippen molar-refractivity contribution < 1.29 is 27.9 Å². The van der Waals surface area contributed by atoms with Gasteiger partial charge in [-0.1, -0.05) is 24.9 Å². The summed E-state index contributed by atoms with van der Waals surface area (Å²) in [5, 5.41) is 12.1. The summed E-state index contributed by atoms with van der Waals surface area (Å²) >= 11 is 6.24. The second-order valence-corrected chi connectivity index (χ2v) is 12.5. The molecule has 1 saturated heterocycles. The minimum absolute atomic E-state index is 0.0144. The van der Waals surface area contributed by atoms with Crippen molar-refractivity contribution in [2.24, 2.45) is 5.73 Å². The summed E-state index contributed by atoms with van der Waals surface area (Å²) in [6.07, 6.45) is 4.04. The van der Waals surface area contributed by atoms with E-state index in [-0.39, 0.29) is 28.3 Å². The zero-order chi connectivity index (χ0) is 34.4. The number of aromatic nitrogens is 4. The molecule has 16 heteroatoms. The number of aryl methyl sites for hydroxylation is 1. The lowest BCUT2D eigenvalue weighted by molar-refractivity contribution is -0.116. The Morgan fingerprint density at radius 2 is 1.85 bits per heavy atom. The van der Waals surface area contributed by atoms with Crippen LogP contribution in [0, 0.1) is 17.6 Å². The average molecular weight is 687 g/mol. The Morgan fingerprint density at radius 3 is 2.56 bits per heavy atom. The quantitative estimate of drug-likeness (QED) is 0.247. The van der Waals surface area contributed by atoms with Crippen molar-refractivity contribution in [1.82, 2.24) is 24.0 Å². The number of halogens is 4. The molecule has 2 amide bonds. The molecular formula is C32H34ClF3N8O4. The Bertz CT molecular complexity index is 2020. The monoisotopic (exact) mass is 686 g/mol. The summed E-state index contributed by atoms with van der Waals surface area (Å²) in [6.45, 7) is 6.88. The third-order valence-electron chi connectivity index (χ3n) is 9.02. The van der Waals surface area contributed by atoms with Gasteiger partial charge in [0.05, 0.1) is 16.6 Å². The van der Waals surface area contributed by atoms with Crippen LogP contribution in [-0.4, -0.2) is 73.1 Å². The molecule has 1 fully saturated rings. The zero-order valence-corrected chi connectivity index (χ0v) is 27.1. The SMILES string of the molecule is CCN1CCN(c2cc(NC(=O)Cn3cc(-c4cc(C(N)=O)c(O)c(F)c4F)c4c(=O)n5c(nc43)CCCCC5)c(Cl)c(F)n2)[C@@H](C)C1. The van der Waals surface area contributed by atoms with Crippen LogP contribution in [0.3, 0.4) is 0 Å². The van der Waals surface area contributed by atoms with Gasteiger partial charge in [0.1, 0.15) is 28.9 Å². The van der Waals surface area contributed by atoms with Crippen LogP contribution in [0.2, 0.25) is 5.02 Å². The normalized spacial score (nSPS) is 17.0. The highest BCUT2D eigenvalue weighted by atomic mass is 35.5. The Morgan fingerprint density at radius 1 is 1.08 bits per heavy atom. The van der Waals surface area contributed by atoms with Crippen LogP contribution in [0.5, 0.6) is 5.75 Å². The first-order valence-corrected chi connectivity index (χ1v) is 16.1.